The molecule has 0 radical (unpaired) electrons. The Hall–Kier alpha value is -2.82. The van der Waals surface area contributed by atoms with Gasteiger partial charge in [-0.2, -0.15) is 0 Å². The monoisotopic (exact) mass is 377 g/mol. The topological polar surface area (TPSA) is 52.7 Å². The van der Waals surface area contributed by atoms with Gasteiger partial charge in [0.15, 0.2) is 0 Å². The SMILES string of the molecule is Cc1ccc(CN2CC(C(=O)Nc3ccc(N4CCCC4)cc3)CC2=O)cc1. The molecule has 0 bridgehead atoms. The molecule has 2 aliphatic rings. The number of benzene rings is 2. The van der Waals surface area contributed by atoms with Crippen molar-refractivity contribution in [1.82, 2.24) is 4.90 Å². The van der Waals surface area contributed by atoms with Crippen molar-refractivity contribution >= 4 is 23.2 Å². The lowest BCUT2D eigenvalue weighted by molar-refractivity contribution is -0.128. The Morgan fingerprint density at radius 2 is 1.71 bits per heavy atom. The molecule has 2 amide bonds. The van der Waals surface area contributed by atoms with Crippen LogP contribution in [0.4, 0.5) is 11.4 Å². The summed E-state index contributed by atoms with van der Waals surface area (Å²) in [6.07, 6.45) is 2.77. The average molecular weight is 377 g/mol. The first kappa shape index (κ1) is 18.5. The van der Waals surface area contributed by atoms with E-state index in [1.165, 1.54) is 24.1 Å². The quantitative estimate of drug-likeness (QED) is 0.866. The van der Waals surface area contributed by atoms with Gasteiger partial charge in [0.25, 0.3) is 0 Å². The molecule has 5 nitrogen and oxygen atoms in total. The minimum absolute atomic E-state index is 0.0464. The first-order chi connectivity index (χ1) is 13.6. The van der Waals surface area contributed by atoms with E-state index in [9.17, 15) is 9.59 Å². The summed E-state index contributed by atoms with van der Waals surface area (Å²) in [5.41, 5.74) is 4.29. The second kappa shape index (κ2) is 8.05. The second-order valence-corrected chi connectivity index (χ2v) is 7.89. The first-order valence-electron chi connectivity index (χ1n) is 10.1. The third kappa shape index (κ3) is 4.19. The van der Waals surface area contributed by atoms with Gasteiger partial charge in [0.05, 0.1) is 5.92 Å². The first-order valence-corrected chi connectivity index (χ1v) is 10.1. The van der Waals surface area contributed by atoms with E-state index >= 15 is 0 Å². The molecule has 1 atom stereocenters. The van der Waals surface area contributed by atoms with Crippen molar-refractivity contribution in [2.45, 2.75) is 32.7 Å². The van der Waals surface area contributed by atoms with Gasteiger partial charge < -0.3 is 15.1 Å². The highest BCUT2D eigenvalue weighted by Crippen LogP contribution is 2.24. The molecule has 1 unspecified atom stereocenters. The summed E-state index contributed by atoms with van der Waals surface area (Å²) < 4.78 is 0. The smallest absolute Gasteiger partial charge is 0.229 e. The molecule has 2 aromatic rings. The molecule has 0 spiro atoms. The Morgan fingerprint density at radius 3 is 2.39 bits per heavy atom. The number of nitrogens with zero attached hydrogens (tertiary/aromatic N) is 2. The molecule has 4 rings (SSSR count). The van der Waals surface area contributed by atoms with Crippen LogP contribution in [-0.4, -0.2) is 36.3 Å². The van der Waals surface area contributed by atoms with Crippen molar-refractivity contribution in [3.05, 3.63) is 59.7 Å². The van der Waals surface area contributed by atoms with Crippen LogP contribution in [-0.2, 0) is 16.1 Å². The van der Waals surface area contributed by atoms with E-state index in [0.717, 1.165) is 24.3 Å². The van der Waals surface area contributed by atoms with Gasteiger partial charge in [-0.15, -0.1) is 0 Å². The van der Waals surface area contributed by atoms with E-state index in [1.807, 2.05) is 43.3 Å². The predicted octanol–water partition coefficient (Wildman–Crippen LogP) is 3.58. The number of amides is 2. The predicted molar refractivity (Wildman–Crippen MR) is 111 cm³/mol. The minimum Gasteiger partial charge on any atom is -0.372 e. The van der Waals surface area contributed by atoms with Crippen LogP contribution in [0.5, 0.6) is 0 Å². The van der Waals surface area contributed by atoms with Gasteiger partial charge in [0, 0.05) is 44.0 Å². The fraction of sp³-hybridized carbons (Fsp3) is 0.391. The number of anilines is 2. The van der Waals surface area contributed by atoms with Crippen molar-refractivity contribution in [3.63, 3.8) is 0 Å². The number of carbonyl (C=O) groups is 2. The lowest BCUT2D eigenvalue weighted by Crippen LogP contribution is -2.28. The maximum atomic E-state index is 12.6. The standard InChI is InChI=1S/C23H27N3O2/c1-17-4-6-18(7-5-17)15-26-16-19(14-22(26)27)23(28)24-20-8-10-21(11-9-20)25-12-2-3-13-25/h4-11,19H,2-3,12-16H2,1H3,(H,24,28). The zero-order valence-corrected chi connectivity index (χ0v) is 16.4. The summed E-state index contributed by atoms with van der Waals surface area (Å²) >= 11 is 0. The lowest BCUT2D eigenvalue weighted by atomic mass is 10.1. The second-order valence-electron chi connectivity index (χ2n) is 7.89. The summed E-state index contributed by atoms with van der Waals surface area (Å²) in [5.74, 6) is -0.324. The molecule has 2 saturated heterocycles. The van der Waals surface area contributed by atoms with E-state index in [0.29, 0.717) is 13.1 Å². The minimum atomic E-state index is -0.295. The van der Waals surface area contributed by atoms with E-state index < -0.39 is 0 Å². The Labute approximate surface area is 166 Å². The number of nitrogens with one attached hydrogen (secondary N) is 1. The van der Waals surface area contributed by atoms with E-state index in [4.69, 9.17) is 0 Å². The Bertz CT molecular complexity index is 839. The molecule has 2 fully saturated rings. The highest BCUT2D eigenvalue weighted by Gasteiger charge is 2.34. The van der Waals surface area contributed by atoms with Gasteiger partial charge >= 0.3 is 0 Å². The number of rotatable bonds is 5. The van der Waals surface area contributed by atoms with Crippen LogP contribution >= 0.6 is 0 Å². The molecule has 2 heterocycles. The van der Waals surface area contributed by atoms with Crippen molar-refractivity contribution in [2.24, 2.45) is 5.92 Å². The molecule has 2 aliphatic heterocycles. The number of hydrogen-bond donors (Lipinski definition) is 1. The van der Waals surface area contributed by atoms with E-state index in [-0.39, 0.29) is 24.2 Å². The summed E-state index contributed by atoms with van der Waals surface area (Å²) in [7, 11) is 0. The summed E-state index contributed by atoms with van der Waals surface area (Å²) in [4.78, 5) is 29.1. The summed E-state index contributed by atoms with van der Waals surface area (Å²) in [6.45, 7) is 5.29. The highest BCUT2D eigenvalue weighted by molar-refractivity contribution is 5.97. The third-order valence-electron chi connectivity index (χ3n) is 5.69. The van der Waals surface area contributed by atoms with E-state index in [1.54, 1.807) is 4.90 Å². The Morgan fingerprint density at radius 1 is 1.04 bits per heavy atom. The molecule has 2 aromatic carbocycles. The number of aryl methyl sites for hydroxylation is 1. The fourth-order valence-corrected chi connectivity index (χ4v) is 3.99. The van der Waals surface area contributed by atoms with Crippen LogP contribution in [0.25, 0.3) is 0 Å². The molecular weight excluding hydrogens is 350 g/mol. The molecule has 1 N–H and O–H groups in total. The van der Waals surface area contributed by atoms with Crippen LogP contribution in [0.2, 0.25) is 0 Å². The van der Waals surface area contributed by atoms with Crippen LogP contribution in [0.15, 0.2) is 48.5 Å². The third-order valence-corrected chi connectivity index (χ3v) is 5.69. The fourth-order valence-electron chi connectivity index (χ4n) is 3.99. The Balaban J connectivity index is 1.33. The van der Waals surface area contributed by atoms with E-state index in [2.05, 4.69) is 22.3 Å². The molecule has 28 heavy (non-hydrogen) atoms. The van der Waals surface area contributed by atoms with Crippen LogP contribution in [0.1, 0.15) is 30.4 Å². The Kier molecular flexibility index (Phi) is 5.33. The normalized spacial score (nSPS) is 19.3. The van der Waals surface area contributed by atoms with Crippen LogP contribution < -0.4 is 10.2 Å². The molecule has 0 saturated carbocycles. The molecule has 0 aliphatic carbocycles. The van der Waals surface area contributed by atoms with Gasteiger partial charge in [-0.3, -0.25) is 9.59 Å². The summed E-state index contributed by atoms with van der Waals surface area (Å²) in [5, 5.41) is 2.98. The van der Waals surface area contributed by atoms with Crippen molar-refractivity contribution in [3.8, 4) is 0 Å². The average Bonchev–Trinajstić information content (AvgIpc) is 3.35. The van der Waals surface area contributed by atoms with Crippen molar-refractivity contribution in [2.75, 3.05) is 29.9 Å². The van der Waals surface area contributed by atoms with Crippen LogP contribution in [0, 0.1) is 12.8 Å². The van der Waals surface area contributed by atoms with Gasteiger partial charge in [-0.1, -0.05) is 29.8 Å². The zero-order valence-electron chi connectivity index (χ0n) is 16.4. The molecule has 146 valence electrons. The van der Waals surface area contributed by atoms with Crippen molar-refractivity contribution < 1.29 is 9.59 Å². The largest absolute Gasteiger partial charge is 0.372 e. The van der Waals surface area contributed by atoms with Gasteiger partial charge in [-0.05, 0) is 49.6 Å². The molecular formula is C23H27N3O2. The summed E-state index contributed by atoms with van der Waals surface area (Å²) in [6, 6.07) is 16.2. The van der Waals surface area contributed by atoms with Gasteiger partial charge in [0.2, 0.25) is 11.8 Å². The van der Waals surface area contributed by atoms with Crippen LogP contribution in [0.3, 0.4) is 0 Å². The molecule has 0 aromatic heterocycles. The van der Waals surface area contributed by atoms with Gasteiger partial charge in [-0.25, -0.2) is 0 Å². The maximum absolute atomic E-state index is 12.6. The lowest BCUT2D eigenvalue weighted by Gasteiger charge is -2.18. The zero-order chi connectivity index (χ0) is 19.5. The number of likely N-dealkylation sites (tertiary alicyclic amines) is 1. The van der Waals surface area contributed by atoms with Gasteiger partial charge in [0.1, 0.15) is 0 Å². The molecule has 5 heteroatoms. The number of carbonyl (C=O) groups excluding carboxylic acids is 2. The van der Waals surface area contributed by atoms with Crippen molar-refractivity contribution in [1.29, 1.82) is 0 Å². The highest BCUT2D eigenvalue weighted by atomic mass is 16.2. The maximum Gasteiger partial charge on any atom is 0.229 e. The number of hydrogen-bond acceptors (Lipinski definition) is 3.